The summed E-state index contributed by atoms with van der Waals surface area (Å²) in [5.74, 6) is 0.127. The first-order chi connectivity index (χ1) is 16.4. The van der Waals surface area contributed by atoms with Crippen molar-refractivity contribution in [2.45, 2.75) is 19.0 Å². The molecule has 4 aromatic rings. The van der Waals surface area contributed by atoms with E-state index >= 15 is 0 Å². The predicted molar refractivity (Wildman–Crippen MR) is 136 cm³/mol. The Balaban J connectivity index is 1.49. The number of rotatable bonds is 7. The van der Waals surface area contributed by atoms with E-state index < -0.39 is 5.97 Å². The van der Waals surface area contributed by atoms with E-state index in [1.807, 2.05) is 79.4 Å². The molecule has 0 bridgehead atoms. The fourth-order valence-corrected chi connectivity index (χ4v) is 5.15. The van der Waals surface area contributed by atoms with Gasteiger partial charge in [-0.3, -0.25) is 4.79 Å². The molecule has 0 aliphatic carbocycles. The summed E-state index contributed by atoms with van der Waals surface area (Å²) in [4.78, 5) is 25.3. The molecule has 0 aliphatic heterocycles. The van der Waals surface area contributed by atoms with Crippen LogP contribution < -0.4 is 5.32 Å². The quantitative estimate of drug-likeness (QED) is 0.277. The molecule has 0 unspecified atom stereocenters. The molecular weight excluding hydrogens is 468 g/mol. The third-order valence-corrected chi connectivity index (χ3v) is 7.16. The van der Waals surface area contributed by atoms with Gasteiger partial charge in [-0.25, -0.2) is 4.79 Å². The van der Waals surface area contributed by atoms with Crippen LogP contribution in [0.2, 0.25) is 0 Å². The van der Waals surface area contributed by atoms with E-state index in [2.05, 4.69) is 15.5 Å². The zero-order chi connectivity index (χ0) is 24.2. The minimum absolute atomic E-state index is 0.123. The molecule has 2 aromatic heterocycles. The predicted octanol–water partition coefficient (Wildman–Crippen LogP) is 5.34. The van der Waals surface area contributed by atoms with Crippen LogP contribution in [0.1, 0.15) is 21.5 Å². The van der Waals surface area contributed by atoms with Gasteiger partial charge in [0.2, 0.25) is 5.91 Å². The summed E-state index contributed by atoms with van der Waals surface area (Å²) in [6, 6.07) is 15.9. The number of aryl methyl sites for hydroxylation is 2. The van der Waals surface area contributed by atoms with Crippen molar-refractivity contribution in [1.82, 2.24) is 14.8 Å². The minimum Gasteiger partial charge on any atom is -0.465 e. The van der Waals surface area contributed by atoms with Gasteiger partial charge in [-0.2, -0.15) is 0 Å². The molecule has 4 rings (SSSR count). The van der Waals surface area contributed by atoms with E-state index in [-0.39, 0.29) is 11.7 Å². The van der Waals surface area contributed by atoms with E-state index in [0.29, 0.717) is 15.7 Å². The molecule has 1 amide bonds. The SMILES string of the molecule is COC(=O)c1c(-c2ccc(C)cc2)csc1NC(=O)CSc1nnc(-c2cccc(C)c2)n1C. The Labute approximate surface area is 206 Å². The first kappa shape index (κ1) is 23.7. The van der Waals surface area contributed by atoms with Gasteiger partial charge in [-0.05, 0) is 25.5 Å². The Kier molecular flexibility index (Phi) is 7.14. The molecule has 34 heavy (non-hydrogen) atoms. The molecule has 7 nitrogen and oxygen atoms in total. The number of anilines is 1. The van der Waals surface area contributed by atoms with Crippen LogP contribution >= 0.6 is 23.1 Å². The van der Waals surface area contributed by atoms with Crippen molar-refractivity contribution in [2.75, 3.05) is 18.2 Å². The zero-order valence-electron chi connectivity index (χ0n) is 19.3. The lowest BCUT2D eigenvalue weighted by Crippen LogP contribution is -2.16. The standard InChI is InChI=1S/C25H24N4O3S2/c1-15-8-10-17(11-9-15)19-13-33-23(21(19)24(31)32-4)26-20(30)14-34-25-28-27-22(29(25)3)18-7-5-6-16(2)12-18/h5-13H,14H2,1-4H3,(H,26,30). The van der Waals surface area contributed by atoms with Crippen molar-refractivity contribution < 1.29 is 14.3 Å². The number of nitrogens with zero attached hydrogens (tertiary/aromatic N) is 3. The number of nitrogens with one attached hydrogen (secondary N) is 1. The number of thiophene rings is 1. The number of esters is 1. The van der Waals surface area contributed by atoms with Gasteiger partial charge in [-0.1, -0.05) is 65.4 Å². The Morgan fingerprint density at radius 2 is 1.82 bits per heavy atom. The maximum atomic E-state index is 12.7. The average molecular weight is 493 g/mol. The van der Waals surface area contributed by atoms with Gasteiger partial charge in [0.05, 0.1) is 12.9 Å². The lowest BCUT2D eigenvalue weighted by Gasteiger charge is -2.08. The number of hydrogen-bond donors (Lipinski definition) is 1. The number of amides is 1. The van der Waals surface area contributed by atoms with Crippen molar-refractivity contribution in [3.05, 3.63) is 70.6 Å². The number of aromatic nitrogens is 3. The topological polar surface area (TPSA) is 86.1 Å². The van der Waals surface area contributed by atoms with Crippen LogP contribution in [0.15, 0.2) is 59.1 Å². The maximum absolute atomic E-state index is 12.7. The molecule has 0 atom stereocenters. The van der Waals surface area contributed by atoms with Gasteiger partial charge >= 0.3 is 5.97 Å². The van der Waals surface area contributed by atoms with Crippen LogP contribution in [0.4, 0.5) is 5.00 Å². The van der Waals surface area contributed by atoms with Gasteiger partial charge in [0.1, 0.15) is 10.6 Å². The molecular formula is C25H24N4O3S2. The summed E-state index contributed by atoms with van der Waals surface area (Å²) < 4.78 is 6.86. The highest BCUT2D eigenvalue weighted by molar-refractivity contribution is 7.99. The van der Waals surface area contributed by atoms with E-state index in [1.54, 1.807) is 0 Å². The van der Waals surface area contributed by atoms with E-state index in [0.717, 1.165) is 33.6 Å². The molecule has 9 heteroatoms. The van der Waals surface area contributed by atoms with Crippen molar-refractivity contribution >= 4 is 40.0 Å². The largest absolute Gasteiger partial charge is 0.465 e. The molecule has 0 saturated heterocycles. The number of hydrogen-bond acceptors (Lipinski definition) is 7. The number of benzene rings is 2. The number of carbonyl (C=O) groups excluding carboxylic acids is 2. The monoisotopic (exact) mass is 492 g/mol. The third-order valence-electron chi connectivity index (χ3n) is 5.24. The van der Waals surface area contributed by atoms with Crippen LogP contribution in [-0.4, -0.2) is 39.5 Å². The summed E-state index contributed by atoms with van der Waals surface area (Å²) >= 11 is 2.58. The summed E-state index contributed by atoms with van der Waals surface area (Å²) in [5.41, 5.74) is 5.21. The molecule has 1 N–H and O–H groups in total. The van der Waals surface area contributed by atoms with Gasteiger partial charge < -0.3 is 14.6 Å². The normalized spacial score (nSPS) is 10.8. The molecule has 0 radical (unpaired) electrons. The highest BCUT2D eigenvalue weighted by Gasteiger charge is 2.22. The van der Waals surface area contributed by atoms with Crippen molar-refractivity contribution in [3.8, 4) is 22.5 Å². The molecule has 2 heterocycles. The van der Waals surface area contributed by atoms with Crippen LogP contribution in [0.25, 0.3) is 22.5 Å². The summed E-state index contributed by atoms with van der Waals surface area (Å²) in [6.45, 7) is 4.03. The van der Waals surface area contributed by atoms with Crippen molar-refractivity contribution in [3.63, 3.8) is 0 Å². The third kappa shape index (κ3) is 5.05. The lowest BCUT2D eigenvalue weighted by molar-refractivity contribution is -0.113. The van der Waals surface area contributed by atoms with Gasteiger partial charge in [0, 0.05) is 23.6 Å². The van der Waals surface area contributed by atoms with Gasteiger partial charge in [-0.15, -0.1) is 21.5 Å². The Hall–Kier alpha value is -3.43. The molecule has 0 fully saturated rings. The fourth-order valence-electron chi connectivity index (χ4n) is 3.47. The second-order valence-corrected chi connectivity index (χ2v) is 9.60. The van der Waals surface area contributed by atoms with Gasteiger partial charge in [0.15, 0.2) is 11.0 Å². The van der Waals surface area contributed by atoms with E-state index in [9.17, 15) is 9.59 Å². The first-order valence-electron chi connectivity index (χ1n) is 10.5. The number of ether oxygens (including phenoxy) is 1. The number of methoxy groups -OCH3 is 1. The highest BCUT2D eigenvalue weighted by atomic mass is 32.2. The maximum Gasteiger partial charge on any atom is 0.341 e. The smallest absolute Gasteiger partial charge is 0.341 e. The lowest BCUT2D eigenvalue weighted by atomic mass is 10.0. The molecule has 0 spiro atoms. The molecule has 0 aliphatic rings. The average Bonchev–Trinajstić information content (AvgIpc) is 3.41. The van der Waals surface area contributed by atoms with E-state index in [4.69, 9.17) is 4.74 Å². The molecule has 0 saturated carbocycles. The second kappa shape index (κ2) is 10.2. The Bertz CT molecular complexity index is 1340. The van der Waals surface area contributed by atoms with Crippen LogP contribution in [0, 0.1) is 13.8 Å². The second-order valence-electron chi connectivity index (χ2n) is 7.78. The minimum atomic E-state index is -0.490. The Morgan fingerprint density at radius 3 is 2.53 bits per heavy atom. The van der Waals surface area contributed by atoms with Crippen LogP contribution in [0.5, 0.6) is 0 Å². The molecule has 174 valence electrons. The fraction of sp³-hybridized carbons (Fsp3) is 0.200. The number of carbonyl (C=O) groups is 2. The van der Waals surface area contributed by atoms with E-state index in [1.165, 1.54) is 30.2 Å². The summed E-state index contributed by atoms with van der Waals surface area (Å²) in [5, 5.41) is 14.3. The first-order valence-corrected chi connectivity index (χ1v) is 12.4. The molecule has 2 aromatic carbocycles. The van der Waals surface area contributed by atoms with Crippen molar-refractivity contribution in [2.24, 2.45) is 7.05 Å². The number of thioether (sulfide) groups is 1. The van der Waals surface area contributed by atoms with Gasteiger partial charge in [0.25, 0.3) is 0 Å². The van der Waals surface area contributed by atoms with Crippen LogP contribution in [0.3, 0.4) is 0 Å². The summed E-state index contributed by atoms with van der Waals surface area (Å²) in [7, 11) is 3.21. The van der Waals surface area contributed by atoms with Crippen molar-refractivity contribution in [1.29, 1.82) is 0 Å². The summed E-state index contributed by atoms with van der Waals surface area (Å²) in [6.07, 6.45) is 0. The zero-order valence-corrected chi connectivity index (χ0v) is 20.9. The Morgan fingerprint density at radius 1 is 1.06 bits per heavy atom. The highest BCUT2D eigenvalue weighted by Crippen LogP contribution is 2.36. The van der Waals surface area contributed by atoms with Crippen LogP contribution in [-0.2, 0) is 16.6 Å².